The van der Waals surface area contributed by atoms with Crippen molar-refractivity contribution in [2.75, 3.05) is 13.7 Å². The van der Waals surface area contributed by atoms with Crippen LogP contribution in [0.3, 0.4) is 0 Å². The largest absolute Gasteiger partial charge is 0.497 e. The minimum absolute atomic E-state index is 0.232. The van der Waals surface area contributed by atoms with Crippen molar-refractivity contribution >= 4 is 11.2 Å². The van der Waals surface area contributed by atoms with Crippen LogP contribution in [-0.4, -0.2) is 32.4 Å². The summed E-state index contributed by atoms with van der Waals surface area (Å²) in [6.45, 7) is 3.98. The lowest BCUT2D eigenvalue weighted by molar-refractivity contribution is 0.303. The number of hydrogen-bond acceptors (Lipinski definition) is 5. The fourth-order valence-electron chi connectivity index (χ4n) is 3.99. The first-order chi connectivity index (χ1) is 16.1. The number of aromatic nitrogens is 4. The molecule has 2 aromatic heterocycles. The number of fused-ring (bicyclic) bond motifs is 1. The number of methoxy groups -OCH3 is 1. The number of rotatable bonds is 14. The maximum atomic E-state index is 13.1. The molecular weight excluding hydrogens is 420 g/mol. The second-order valence-corrected chi connectivity index (χ2v) is 8.41. The van der Waals surface area contributed by atoms with Gasteiger partial charge in [0.2, 0.25) is 0 Å². The van der Waals surface area contributed by atoms with Crippen molar-refractivity contribution in [2.45, 2.75) is 71.4 Å². The van der Waals surface area contributed by atoms with Crippen LogP contribution in [0.1, 0.15) is 58.3 Å². The molecule has 0 atom stereocenters. The Bertz CT molecular complexity index is 1130. The highest BCUT2D eigenvalue weighted by Crippen LogP contribution is 2.17. The summed E-state index contributed by atoms with van der Waals surface area (Å²) in [5.74, 6) is 1.63. The van der Waals surface area contributed by atoms with Crippen LogP contribution in [0.5, 0.6) is 11.5 Å². The first-order valence-electron chi connectivity index (χ1n) is 12.0. The summed E-state index contributed by atoms with van der Waals surface area (Å²) in [7, 11) is 3.33. The maximum Gasteiger partial charge on any atom is 0.332 e. The molecule has 0 bridgehead atoms. The number of ether oxygens (including phenoxy) is 2. The third-order valence-corrected chi connectivity index (χ3v) is 5.96. The number of aryl methyl sites for hydroxylation is 2. The average molecular weight is 457 g/mol. The average Bonchev–Trinajstić information content (AvgIpc) is 3.26. The predicted octanol–water partition coefficient (Wildman–Crippen LogP) is 4.13. The van der Waals surface area contributed by atoms with E-state index in [-0.39, 0.29) is 11.2 Å². The Morgan fingerprint density at radius 1 is 0.879 bits per heavy atom. The van der Waals surface area contributed by atoms with Crippen molar-refractivity contribution in [2.24, 2.45) is 7.05 Å². The molecule has 0 aliphatic heterocycles. The third kappa shape index (κ3) is 6.27. The zero-order valence-electron chi connectivity index (χ0n) is 20.1. The van der Waals surface area contributed by atoms with Crippen molar-refractivity contribution in [1.29, 1.82) is 0 Å². The van der Waals surface area contributed by atoms with Gasteiger partial charge in [-0.25, -0.2) is 9.78 Å². The van der Waals surface area contributed by atoms with E-state index in [9.17, 15) is 9.59 Å². The van der Waals surface area contributed by atoms with E-state index in [0.29, 0.717) is 24.3 Å². The lowest BCUT2D eigenvalue weighted by Gasteiger charge is -2.10. The minimum atomic E-state index is -0.299. The molecule has 0 fully saturated rings. The normalized spacial score (nSPS) is 11.2. The van der Waals surface area contributed by atoms with Gasteiger partial charge in [-0.2, -0.15) is 0 Å². The zero-order chi connectivity index (χ0) is 23.6. The van der Waals surface area contributed by atoms with Crippen molar-refractivity contribution in [3.63, 3.8) is 0 Å². The van der Waals surface area contributed by atoms with Crippen LogP contribution < -0.4 is 20.7 Å². The number of unbranched alkanes of at least 4 members (excludes halogenated alkanes) is 6. The van der Waals surface area contributed by atoms with Crippen LogP contribution in [0, 0.1) is 0 Å². The molecule has 180 valence electrons. The van der Waals surface area contributed by atoms with E-state index >= 15 is 0 Å². The van der Waals surface area contributed by atoms with E-state index in [2.05, 4.69) is 11.9 Å². The molecule has 0 N–H and O–H groups in total. The first-order valence-corrected chi connectivity index (χ1v) is 12.0. The summed E-state index contributed by atoms with van der Waals surface area (Å²) in [4.78, 5) is 30.2. The van der Waals surface area contributed by atoms with E-state index in [1.807, 2.05) is 28.8 Å². The van der Waals surface area contributed by atoms with Gasteiger partial charge in [-0.1, -0.05) is 39.0 Å². The molecule has 0 aliphatic carbocycles. The monoisotopic (exact) mass is 456 g/mol. The second kappa shape index (κ2) is 12.3. The van der Waals surface area contributed by atoms with Gasteiger partial charge in [-0.05, 0) is 43.5 Å². The SMILES string of the molecule is CCCCCCn1cnc2c1c(=O)n(CCCCCCOc1ccc(OC)cc1)c(=O)n2C. The first kappa shape index (κ1) is 24.6. The molecule has 0 unspecified atom stereocenters. The Balaban J connectivity index is 1.52. The molecule has 8 nitrogen and oxygen atoms in total. The second-order valence-electron chi connectivity index (χ2n) is 8.41. The summed E-state index contributed by atoms with van der Waals surface area (Å²) in [6.07, 6.45) is 9.75. The van der Waals surface area contributed by atoms with Crippen molar-refractivity contribution in [3.05, 3.63) is 51.4 Å². The molecule has 0 saturated carbocycles. The number of hydrogen-bond donors (Lipinski definition) is 0. The van der Waals surface area contributed by atoms with Gasteiger partial charge in [0.05, 0.1) is 20.0 Å². The number of nitrogens with zero attached hydrogens (tertiary/aromatic N) is 4. The van der Waals surface area contributed by atoms with E-state index < -0.39 is 0 Å². The smallest absolute Gasteiger partial charge is 0.332 e. The molecule has 1 aromatic carbocycles. The van der Waals surface area contributed by atoms with Crippen molar-refractivity contribution in [3.8, 4) is 11.5 Å². The van der Waals surface area contributed by atoms with Gasteiger partial charge in [0.25, 0.3) is 5.56 Å². The summed E-state index contributed by atoms with van der Waals surface area (Å²) in [5, 5.41) is 0. The van der Waals surface area contributed by atoms with Crippen molar-refractivity contribution in [1.82, 2.24) is 18.7 Å². The highest BCUT2D eigenvalue weighted by molar-refractivity contribution is 5.69. The van der Waals surface area contributed by atoms with Crippen LogP contribution in [0.4, 0.5) is 0 Å². The van der Waals surface area contributed by atoms with Gasteiger partial charge >= 0.3 is 5.69 Å². The van der Waals surface area contributed by atoms with Gasteiger partial charge in [0.1, 0.15) is 11.5 Å². The van der Waals surface area contributed by atoms with Gasteiger partial charge in [-0.15, -0.1) is 0 Å². The predicted molar refractivity (Wildman–Crippen MR) is 130 cm³/mol. The Hall–Kier alpha value is -3.03. The maximum absolute atomic E-state index is 13.1. The number of benzene rings is 1. The summed E-state index contributed by atoms with van der Waals surface area (Å²) in [5.41, 5.74) is 0.462. The molecule has 0 aliphatic rings. The fourth-order valence-corrected chi connectivity index (χ4v) is 3.99. The van der Waals surface area contributed by atoms with E-state index in [0.717, 1.165) is 56.6 Å². The van der Waals surface area contributed by atoms with Crippen LogP contribution in [0.2, 0.25) is 0 Å². The van der Waals surface area contributed by atoms with Crippen LogP contribution >= 0.6 is 0 Å². The van der Waals surface area contributed by atoms with Crippen molar-refractivity contribution < 1.29 is 9.47 Å². The van der Waals surface area contributed by atoms with Crippen LogP contribution in [0.25, 0.3) is 11.2 Å². The Labute approximate surface area is 194 Å². The molecular formula is C25H36N4O4. The molecule has 0 radical (unpaired) electrons. The summed E-state index contributed by atoms with van der Waals surface area (Å²) < 4.78 is 15.6. The van der Waals surface area contributed by atoms with E-state index in [1.165, 1.54) is 22.0 Å². The minimum Gasteiger partial charge on any atom is -0.497 e. The molecule has 0 spiro atoms. The van der Waals surface area contributed by atoms with Crippen LogP contribution in [0.15, 0.2) is 40.2 Å². The fraction of sp³-hybridized carbons (Fsp3) is 0.560. The highest BCUT2D eigenvalue weighted by Gasteiger charge is 2.15. The zero-order valence-corrected chi connectivity index (χ0v) is 20.1. The summed E-state index contributed by atoms with van der Waals surface area (Å²) in [6, 6.07) is 7.54. The summed E-state index contributed by atoms with van der Waals surface area (Å²) >= 11 is 0. The Morgan fingerprint density at radius 2 is 1.55 bits per heavy atom. The van der Waals surface area contributed by atoms with Gasteiger partial charge in [0.15, 0.2) is 11.2 Å². The molecule has 33 heavy (non-hydrogen) atoms. The third-order valence-electron chi connectivity index (χ3n) is 5.96. The van der Waals surface area contributed by atoms with E-state index in [1.54, 1.807) is 20.5 Å². The lowest BCUT2D eigenvalue weighted by Crippen LogP contribution is -2.39. The Morgan fingerprint density at radius 3 is 2.27 bits per heavy atom. The molecule has 2 heterocycles. The highest BCUT2D eigenvalue weighted by atomic mass is 16.5. The topological polar surface area (TPSA) is 80.3 Å². The van der Waals surface area contributed by atoms with Gasteiger partial charge in [0, 0.05) is 20.1 Å². The molecule has 0 amide bonds. The van der Waals surface area contributed by atoms with Gasteiger partial charge < -0.3 is 14.0 Å². The van der Waals surface area contributed by atoms with Gasteiger partial charge in [-0.3, -0.25) is 13.9 Å². The quantitative estimate of drug-likeness (QED) is 0.341. The molecule has 3 rings (SSSR count). The Kier molecular flexibility index (Phi) is 9.15. The lowest BCUT2D eigenvalue weighted by atomic mass is 10.2. The van der Waals surface area contributed by atoms with E-state index in [4.69, 9.17) is 9.47 Å². The van der Waals surface area contributed by atoms with Crippen LogP contribution in [-0.2, 0) is 20.1 Å². The molecule has 8 heteroatoms. The molecule has 0 saturated heterocycles. The standard InChI is InChI=1S/C25H36N4O4/c1-4-5-6-9-16-28-19-26-23-22(28)24(30)29(25(31)27(23)2)17-10-7-8-11-18-33-21-14-12-20(32-3)13-15-21/h12-15,19H,4-11,16-18H2,1-3H3. The molecule has 3 aromatic rings. The number of imidazole rings is 1.